The van der Waals surface area contributed by atoms with E-state index in [1.165, 1.54) is 11.1 Å². The van der Waals surface area contributed by atoms with Crippen LogP contribution in [0.4, 0.5) is 0 Å². The predicted octanol–water partition coefficient (Wildman–Crippen LogP) is 4.47. The summed E-state index contributed by atoms with van der Waals surface area (Å²) in [6.45, 7) is 6.70. The van der Waals surface area contributed by atoms with Gasteiger partial charge in [-0.1, -0.05) is 60.7 Å². The van der Waals surface area contributed by atoms with Crippen molar-refractivity contribution < 1.29 is 4.74 Å². The van der Waals surface area contributed by atoms with E-state index in [-0.39, 0.29) is 12.1 Å². The van der Waals surface area contributed by atoms with Crippen molar-refractivity contribution in [2.45, 2.75) is 38.8 Å². The molecule has 2 N–H and O–H groups in total. The third kappa shape index (κ3) is 5.57. The van der Waals surface area contributed by atoms with Gasteiger partial charge in [-0.2, -0.15) is 0 Å². The van der Waals surface area contributed by atoms with Gasteiger partial charge in [-0.15, -0.1) is 0 Å². The maximum absolute atomic E-state index is 6.11. The van der Waals surface area contributed by atoms with Gasteiger partial charge in [0.25, 0.3) is 0 Å². The number of nitrogens with zero attached hydrogens (tertiary/aromatic N) is 1. The molecule has 0 aliphatic carbocycles. The van der Waals surface area contributed by atoms with Gasteiger partial charge in [0.2, 0.25) is 0 Å². The Morgan fingerprint density at radius 3 is 2.52 bits per heavy atom. The highest BCUT2D eigenvalue weighted by Gasteiger charge is 2.27. The van der Waals surface area contributed by atoms with Crippen LogP contribution in [0.15, 0.2) is 65.7 Å². The lowest BCUT2D eigenvalue weighted by Crippen LogP contribution is -2.39. The topological polar surface area (TPSA) is 45.7 Å². The first-order chi connectivity index (χ1) is 13.3. The second kappa shape index (κ2) is 10.1. The monoisotopic (exact) mass is 365 g/mol. The van der Waals surface area contributed by atoms with E-state index in [0.717, 1.165) is 38.5 Å². The van der Waals surface area contributed by atoms with Crippen molar-refractivity contribution in [2.24, 2.45) is 10.9 Å². The minimum Gasteiger partial charge on any atom is -0.373 e. The SMILES string of the molecule is CCNC(=NCC1CCCOC1c1ccccc1)NC(C)c1ccccc1. The lowest BCUT2D eigenvalue weighted by atomic mass is 9.89. The van der Waals surface area contributed by atoms with Crippen LogP contribution in [0.5, 0.6) is 0 Å². The van der Waals surface area contributed by atoms with E-state index in [4.69, 9.17) is 9.73 Å². The van der Waals surface area contributed by atoms with Gasteiger partial charge in [-0.3, -0.25) is 4.99 Å². The Kier molecular flexibility index (Phi) is 7.28. The van der Waals surface area contributed by atoms with Gasteiger partial charge in [0.1, 0.15) is 0 Å². The molecule has 1 saturated heterocycles. The summed E-state index contributed by atoms with van der Waals surface area (Å²) in [7, 11) is 0. The molecule has 3 atom stereocenters. The highest BCUT2D eigenvalue weighted by Crippen LogP contribution is 2.33. The van der Waals surface area contributed by atoms with Gasteiger partial charge in [0.05, 0.1) is 12.1 Å². The Labute approximate surface area is 163 Å². The zero-order valence-electron chi connectivity index (χ0n) is 16.4. The normalized spacial score (nSPS) is 21.5. The molecule has 0 amide bonds. The highest BCUT2D eigenvalue weighted by atomic mass is 16.5. The van der Waals surface area contributed by atoms with Gasteiger partial charge < -0.3 is 15.4 Å². The molecule has 0 saturated carbocycles. The third-order valence-corrected chi connectivity index (χ3v) is 5.05. The summed E-state index contributed by atoms with van der Waals surface area (Å²) in [5.74, 6) is 1.27. The maximum atomic E-state index is 6.11. The summed E-state index contributed by atoms with van der Waals surface area (Å²) in [6, 6.07) is 21.2. The molecule has 0 radical (unpaired) electrons. The van der Waals surface area contributed by atoms with Crippen molar-refractivity contribution in [1.82, 2.24) is 10.6 Å². The standard InChI is InChI=1S/C23H31N3O/c1-3-24-23(26-18(2)19-11-6-4-7-12-19)25-17-21-15-10-16-27-22(21)20-13-8-5-9-14-20/h4-9,11-14,18,21-22H,3,10,15-17H2,1-2H3,(H2,24,25,26). The number of aliphatic imine (C=N–C) groups is 1. The molecule has 0 spiro atoms. The molecule has 3 rings (SSSR count). The molecule has 144 valence electrons. The van der Waals surface area contributed by atoms with Gasteiger partial charge in [-0.05, 0) is 37.8 Å². The fraction of sp³-hybridized carbons (Fsp3) is 0.435. The fourth-order valence-electron chi connectivity index (χ4n) is 3.60. The Bertz CT molecular complexity index is 702. The van der Waals surface area contributed by atoms with E-state index in [1.807, 2.05) is 6.07 Å². The number of guanidine groups is 1. The molecule has 0 aromatic heterocycles. The first-order valence-electron chi connectivity index (χ1n) is 10.0. The molecule has 1 heterocycles. The summed E-state index contributed by atoms with van der Waals surface area (Å²) in [5.41, 5.74) is 2.51. The summed E-state index contributed by atoms with van der Waals surface area (Å²) >= 11 is 0. The summed E-state index contributed by atoms with van der Waals surface area (Å²) < 4.78 is 6.11. The number of nitrogens with one attached hydrogen (secondary N) is 2. The summed E-state index contributed by atoms with van der Waals surface area (Å²) in [4.78, 5) is 4.89. The molecule has 4 heteroatoms. The van der Waals surface area contributed by atoms with E-state index >= 15 is 0 Å². The van der Waals surface area contributed by atoms with Crippen molar-refractivity contribution in [3.63, 3.8) is 0 Å². The van der Waals surface area contributed by atoms with Crippen LogP contribution in [0.25, 0.3) is 0 Å². The number of hydrogen-bond acceptors (Lipinski definition) is 2. The Morgan fingerprint density at radius 2 is 1.81 bits per heavy atom. The predicted molar refractivity (Wildman–Crippen MR) is 112 cm³/mol. The lowest BCUT2D eigenvalue weighted by molar-refractivity contribution is -0.0250. The van der Waals surface area contributed by atoms with Gasteiger partial charge >= 0.3 is 0 Å². The van der Waals surface area contributed by atoms with Crippen LogP contribution in [0.3, 0.4) is 0 Å². The zero-order valence-corrected chi connectivity index (χ0v) is 16.4. The highest BCUT2D eigenvalue weighted by molar-refractivity contribution is 5.80. The average molecular weight is 366 g/mol. The zero-order chi connectivity index (χ0) is 18.9. The first kappa shape index (κ1) is 19.4. The van der Waals surface area contributed by atoms with Crippen molar-refractivity contribution in [3.05, 3.63) is 71.8 Å². The quantitative estimate of drug-likeness (QED) is 0.586. The lowest BCUT2D eigenvalue weighted by Gasteiger charge is -2.31. The summed E-state index contributed by atoms with van der Waals surface area (Å²) in [6.07, 6.45) is 2.39. The van der Waals surface area contributed by atoms with Crippen LogP contribution < -0.4 is 10.6 Å². The molecular weight excluding hydrogens is 334 g/mol. The molecule has 1 fully saturated rings. The molecule has 2 aromatic rings. The Hall–Kier alpha value is -2.33. The Morgan fingerprint density at radius 1 is 1.11 bits per heavy atom. The third-order valence-electron chi connectivity index (χ3n) is 5.05. The number of benzene rings is 2. The van der Waals surface area contributed by atoms with E-state index < -0.39 is 0 Å². The molecule has 27 heavy (non-hydrogen) atoms. The van der Waals surface area contributed by atoms with Crippen LogP contribution >= 0.6 is 0 Å². The van der Waals surface area contributed by atoms with E-state index in [1.54, 1.807) is 0 Å². The molecule has 0 bridgehead atoms. The molecule has 1 aliphatic rings. The number of rotatable bonds is 6. The van der Waals surface area contributed by atoms with Crippen molar-refractivity contribution in [3.8, 4) is 0 Å². The first-order valence-corrected chi connectivity index (χ1v) is 10.0. The number of hydrogen-bond donors (Lipinski definition) is 2. The van der Waals surface area contributed by atoms with Crippen molar-refractivity contribution in [2.75, 3.05) is 19.7 Å². The van der Waals surface area contributed by atoms with Gasteiger partial charge in [-0.25, -0.2) is 0 Å². The maximum Gasteiger partial charge on any atom is 0.191 e. The largest absolute Gasteiger partial charge is 0.373 e. The van der Waals surface area contributed by atoms with E-state index in [2.05, 4.69) is 79.1 Å². The molecule has 1 aliphatic heterocycles. The van der Waals surface area contributed by atoms with Crippen LogP contribution in [0.1, 0.15) is 50.0 Å². The van der Waals surface area contributed by atoms with Gasteiger partial charge in [0.15, 0.2) is 5.96 Å². The average Bonchev–Trinajstić information content (AvgIpc) is 2.73. The molecule has 3 unspecified atom stereocenters. The fourth-order valence-corrected chi connectivity index (χ4v) is 3.60. The second-order valence-corrected chi connectivity index (χ2v) is 7.10. The van der Waals surface area contributed by atoms with E-state index in [9.17, 15) is 0 Å². The number of ether oxygens (including phenoxy) is 1. The minimum atomic E-state index is 0.137. The molecule has 2 aromatic carbocycles. The van der Waals surface area contributed by atoms with Crippen LogP contribution in [0.2, 0.25) is 0 Å². The molecular formula is C23H31N3O. The smallest absolute Gasteiger partial charge is 0.191 e. The second-order valence-electron chi connectivity index (χ2n) is 7.10. The molecule has 4 nitrogen and oxygen atoms in total. The van der Waals surface area contributed by atoms with Crippen molar-refractivity contribution in [1.29, 1.82) is 0 Å². The van der Waals surface area contributed by atoms with Crippen LogP contribution in [-0.4, -0.2) is 25.7 Å². The van der Waals surface area contributed by atoms with Crippen LogP contribution in [0, 0.1) is 5.92 Å². The van der Waals surface area contributed by atoms with Gasteiger partial charge in [0, 0.05) is 25.6 Å². The van der Waals surface area contributed by atoms with Crippen molar-refractivity contribution >= 4 is 5.96 Å². The van der Waals surface area contributed by atoms with E-state index in [0.29, 0.717) is 5.92 Å². The van der Waals surface area contributed by atoms with Crippen LogP contribution in [-0.2, 0) is 4.74 Å². The minimum absolute atomic E-state index is 0.137. The Balaban J connectivity index is 1.67. The summed E-state index contributed by atoms with van der Waals surface area (Å²) in [5, 5.41) is 6.90.